The highest BCUT2D eigenvalue weighted by atomic mass is 35.5. The number of aliphatic hydroxyl groups is 1. The highest BCUT2D eigenvalue weighted by Gasteiger charge is 2.22. The molecule has 0 bridgehead atoms. The van der Waals surface area contributed by atoms with Crippen LogP contribution in [0.25, 0.3) is 0 Å². The van der Waals surface area contributed by atoms with E-state index >= 15 is 0 Å². The fraction of sp³-hybridized carbons (Fsp3) is 0.733. The van der Waals surface area contributed by atoms with E-state index in [-0.39, 0.29) is 17.2 Å². The molecule has 22 heavy (non-hydrogen) atoms. The Kier molecular flexibility index (Phi) is 6.23. The molecule has 1 aromatic heterocycles. The highest BCUT2D eigenvalue weighted by Crippen LogP contribution is 2.21. The number of carbonyl (C=O) groups excluding carboxylic acids is 1. The zero-order valence-electron chi connectivity index (χ0n) is 13.2. The van der Waals surface area contributed by atoms with Crippen molar-refractivity contribution in [1.29, 1.82) is 0 Å². The standard InChI is InChI=1S/C15H24ClN3O3/c1-3-12(20)10-18-6-8-19(9-7-18)14(21)5-4-13-11(2)17-22-15(13)16/h12,20H,3-10H2,1-2H3/t12-/m0/s1. The van der Waals surface area contributed by atoms with E-state index in [1.165, 1.54) is 0 Å². The van der Waals surface area contributed by atoms with Gasteiger partial charge < -0.3 is 14.5 Å². The molecule has 7 heteroatoms. The first-order chi connectivity index (χ1) is 10.5. The van der Waals surface area contributed by atoms with Crippen LogP contribution in [-0.4, -0.2) is 64.8 Å². The molecule has 2 heterocycles. The fourth-order valence-electron chi connectivity index (χ4n) is 2.64. The van der Waals surface area contributed by atoms with E-state index in [9.17, 15) is 9.90 Å². The molecule has 1 fully saturated rings. The zero-order chi connectivity index (χ0) is 16.1. The van der Waals surface area contributed by atoms with Gasteiger partial charge in [-0.15, -0.1) is 0 Å². The monoisotopic (exact) mass is 329 g/mol. The van der Waals surface area contributed by atoms with Crippen molar-refractivity contribution < 1.29 is 14.4 Å². The summed E-state index contributed by atoms with van der Waals surface area (Å²) in [5.74, 6) is 0.132. The molecule has 6 nitrogen and oxygen atoms in total. The molecule has 1 saturated heterocycles. The fourth-order valence-corrected chi connectivity index (χ4v) is 2.90. The Bertz CT molecular complexity index is 479. The summed E-state index contributed by atoms with van der Waals surface area (Å²) in [6.07, 6.45) is 1.46. The quantitative estimate of drug-likeness (QED) is 0.856. The summed E-state index contributed by atoms with van der Waals surface area (Å²) >= 11 is 5.91. The number of rotatable bonds is 6. The van der Waals surface area contributed by atoms with Crippen LogP contribution in [0.15, 0.2) is 4.52 Å². The summed E-state index contributed by atoms with van der Waals surface area (Å²) in [5.41, 5.74) is 1.57. The smallest absolute Gasteiger partial charge is 0.229 e. The van der Waals surface area contributed by atoms with Gasteiger partial charge in [0.25, 0.3) is 0 Å². The normalized spacial score (nSPS) is 17.7. The van der Waals surface area contributed by atoms with Crippen molar-refractivity contribution in [3.63, 3.8) is 0 Å². The number of hydrogen-bond donors (Lipinski definition) is 1. The number of aliphatic hydroxyl groups excluding tert-OH is 1. The molecule has 1 aliphatic heterocycles. The minimum atomic E-state index is -0.277. The second kappa shape index (κ2) is 7.94. The van der Waals surface area contributed by atoms with Gasteiger partial charge in [0.1, 0.15) is 0 Å². The average molecular weight is 330 g/mol. The third-order valence-electron chi connectivity index (χ3n) is 4.19. The van der Waals surface area contributed by atoms with Gasteiger partial charge >= 0.3 is 0 Å². The Labute approximate surface area is 136 Å². The molecule has 0 spiro atoms. The lowest BCUT2D eigenvalue weighted by Gasteiger charge is -2.35. The Morgan fingerprint density at radius 3 is 2.64 bits per heavy atom. The number of nitrogens with zero attached hydrogens (tertiary/aromatic N) is 3. The molecule has 0 aliphatic carbocycles. The van der Waals surface area contributed by atoms with E-state index in [2.05, 4.69) is 10.1 Å². The van der Waals surface area contributed by atoms with Crippen LogP contribution in [0.3, 0.4) is 0 Å². The number of carbonyl (C=O) groups is 1. The lowest BCUT2D eigenvalue weighted by Crippen LogP contribution is -2.50. The molecule has 0 saturated carbocycles. The van der Waals surface area contributed by atoms with Crippen molar-refractivity contribution in [3.05, 3.63) is 16.5 Å². The van der Waals surface area contributed by atoms with Gasteiger partial charge in [-0.05, 0) is 31.4 Å². The number of β-amino-alcohol motifs (C(OH)–C–C–N with tert-alkyl or cyclic N) is 1. The van der Waals surface area contributed by atoms with Crippen LogP contribution in [0, 0.1) is 6.92 Å². The Morgan fingerprint density at radius 2 is 2.09 bits per heavy atom. The molecular formula is C15H24ClN3O3. The van der Waals surface area contributed by atoms with Gasteiger partial charge in [-0.2, -0.15) is 0 Å². The maximum atomic E-state index is 12.3. The summed E-state index contributed by atoms with van der Waals surface area (Å²) in [6.45, 7) is 7.55. The number of aromatic nitrogens is 1. The highest BCUT2D eigenvalue weighted by molar-refractivity contribution is 6.29. The summed E-state index contributed by atoms with van der Waals surface area (Å²) in [6, 6.07) is 0. The van der Waals surface area contributed by atoms with Gasteiger partial charge in [0, 0.05) is 44.7 Å². The van der Waals surface area contributed by atoms with Crippen molar-refractivity contribution in [3.8, 4) is 0 Å². The molecular weight excluding hydrogens is 306 g/mol. The van der Waals surface area contributed by atoms with Gasteiger partial charge in [0.15, 0.2) is 0 Å². The van der Waals surface area contributed by atoms with Crippen molar-refractivity contribution in [2.24, 2.45) is 0 Å². The third-order valence-corrected chi connectivity index (χ3v) is 4.49. The largest absolute Gasteiger partial charge is 0.392 e. The van der Waals surface area contributed by atoms with Crippen LogP contribution in [0.4, 0.5) is 0 Å². The topological polar surface area (TPSA) is 69.8 Å². The molecule has 1 aliphatic rings. The summed E-state index contributed by atoms with van der Waals surface area (Å²) in [4.78, 5) is 16.4. The first-order valence-electron chi connectivity index (χ1n) is 7.80. The van der Waals surface area contributed by atoms with Crippen molar-refractivity contribution in [2.45, 2.75) is 39.2 Å². The van der Waals surface area contributed by atoms with Crippen LogP contribution in [0.2, 0.25) is 5.22 Å². The van der Waals surface area contributed by atoms with E-state index in [0.29, 0.717) is 32.5 Å². The Morgan fingerprint density at radius 1 is 1.41 bits per heavy atom. The van der Waals surface area contributed by atoms with Crippen LogP contribution < -0.4 is 0 Å². The summed E-state index contributed by atoms with van der Waals surface area (Å²) < 4.78 is 4.89. The molecule has 2 rings (SSSR count). The van der Waals surface area contributed by atoms with Crippen LogP contribution in [0.5, 0.6) is 0 Å². The number of piperazine rings is 1. The van der Waals surface area contributed by atoms with E-state index in [4.69, 9.17) is 16.1 Å². The van der Waals surface area contributed by atoms with Crippen LogP contribution >= 0.6 is 11.6 Å². The third kappa shape index (κ3) is 4.44. The zero-order valence-corrected chi connectivity index (χ0v) is 14.0. The maximum absolute atomic E-state index is 12.3. The molecule has 1 aromatic rings. The minimum Gasteiger partial charge on any atom is -0.392 e. The summed E-state index contributed by atoms with van der Waals surface area (Å²) in [5, 5.41) is 13.7. The van der Waals surface area contributed by atoms with Gasteiger partial charge in [0.2, 0.25) is 11.1 Å². The maximum Gasteiger partial charge on any atom is 0.229 e. The molecule has 1 atom stereocenters. The molecule has 0 radical (unpaired) electrons. The van der Waals surface area contributed by atoms with Gasteiger partial charge in [-0.25, -0.2) is 0 Å². The summed E-state index contributed by atoms with van der Waals surface area (Å²) in [7, 11) is 0. The number of halogens is 1. The van der Waals surface area contributed by atoms with Crippen molar-refractivity contribution in [2.75, 3.05) is 32.7 Å². The minimum absolute atomic E-state index is 0.132. The van der Waals surface area contributed by atoms with Crippen LogP contribution in [-0.2, 0) is 11.2 Å². The van der Waals surface area contributed by atoms with Crippen LogP contribution in [0.1, 0.15) is 31.0 Å². The van der Waals surface area contributed by atoms with Gasteiger partial charge in [-0.1, -0.05) is 12.1 Å². The predicted octanol–water partition coefficient (Wildman–Crippen LogP) is 1.48. The number of hydrogen-bond acceptors (Lipinski definition) is 5. The second-order valence-corrected chi connectivity index (χ2v) is 6.11. The SMILES string of the molecule is CC[C@H](O)CN1CCN(C(=O)CCc2c(C)noc2Cl)CC1. The van der Waals surface area contributed by atoms with E-state index in [0.717, 1.165) is 30.8 Å². The van der Waals surface area contributed by atoms with E-state index < -0.39 is 0 Å². The lowest BCUT2D eigenvalue weighted by molar-refractivity contribution is -0.133. The lowest BCUT2D eigenvalue weighted by atomic mass is 10.1. The first kappa shape index (κ1) is 17.2. The molecule has 124 valence electrons. The predicted molar refractivity (Wildman–Crippen MR) is 83.9 cm³/mol. The second-order valence-electron chi connectivity index (χ2n) is 5.76. The number of amides is 1. The van der Waals surface area contributed by atoms with Crippen molar-refractivity contribution in [1.82, 2.24) is 15.0 Å². The average Bonchev–Trinajstić information content (AvgIpc) is 2.84. The molecule has 1 N–H and O–H groups in total. The molecule has 1 amide bonds. The van der Waals surface area contributed by atoms with E-state index in [1.807, 2.05) is 18.7 Å². The molecule has 0 unspecified atom stereocenters. The number of aryl methyl sites for hydroxylation is 1. The Hall–Kier alpha value is -1.11. The first-order valence-corrected chi connectivity index (χ1v) is 8.18. The van der Waals surface area contributed by atoms with E-state index in [1.54, 1.807) is 0 Å². The van der Waals surface area contributed by atoms with Crippen molar-refractivity contribution >= 4 is 17.5 Å². The Balaban J connectivity index is 1.76. The molecule has 0 aromatic carbocycles. The van der Waals surface area contributed by atoms with Gasteiger partial charge in [-0.3, -0.25) is 9.69 Å². The van der Waals surface area contributed by atoms with Gasteiger partial charge in [0.05, 0.1) is 11.8 Å².